The highest BCUT2D eigenvalue weighted by Gasteiger charge is 2.05. The third-order valence-corrected chi connectivity index (χ3v) is 6.47. The van der Waals surface area contributed by atoms with Gasteiger partial charge in [-0.3, -0.25) is 0 Å². The normalized spacial score (nSPS) is 13.1. The molecule has 0 aromatic heterocycles. The van der Waals surface area contributed by atoms with Crippen molar-refractivity contribution in [2.45, 2.75) is 135 Å². The summed E-state index contributed by atoms with van der Waals surface area (Å²) in [5.41, 5.74) is 0. The van der Waals surface area contributed by atoms with Gasteiger partial charge in [0, 0.05) is 12.2 Å². The van der Waals surface area contributed by atoms with Crippen LogP contribution in [0.1, 0.15) is 129 Å². The van der Waals surface area contributed by atoms with Gasteiger partial charge in [-0.2, -0.15) is 0 Å². The summed E-state index contributed by atoms with van der Waals surface area (Å²) < 4.78 is 31.6. The van der Waals surface area contributed by atoms with E-state index in [2.05, 4.69) is 19.2 Å². The molecule has 0 spiro atoms. The van der Waals surface area contributed by atoms with E-state index in [-0.39, 0.29) is 5.75 Å². The molecule has 0 bridgehead atoms. The lowest BCUT2D eigenvalue weighted by molar-refractivity contribution is -0.686. The largest absolute Gasteiger partial charge is 0.748 e. The van der Waals surface area contributed by atoms with Crippen molar-refractivity contribution >= 4 is 10.1 Å². The molecule has 0 saturated heterocycles. The van der Waals surface area contributed by atoms with Crippen molar-refractivity contribution in [1.29, 1.82) is 0 Å². The molecule has 0 aliphatic carbocycles. The minimum atomic E-state index is -4.04. The van der Waals surface area contributed by atoms with Crippen LogP contribution in [0.3, 0.4) is 0 Å². The highest BCUT2D eigenvalue weighted by molar-refractivity contribution is 7.85. The SMILES string of the molecule is CCCCCCCCCCCCCCCCCCC(C)[NH2+]CCCS(=O)(=O)[O-]. The highest BCUT2D eigenvalue weighted by Crippen LogP contribution is 2.14. The van der Waals surface area contributed by atoms with Gasteiger partial charge in [-0.25, -0.2) is 8.42 Å². The Balaban J connectivity index is 3.17. The average Bonchev–Trinajstić information content (AvgIpc) is 2.64. The first-order valence-electron chi connectivity index (χ1n) is 12.2. The van der Waals surface area contributed by atoms with Gasteiger partial charge >= 0.3 is 0 Å². The van der Waals surface area contributed by atoms with Crippen LogP contribution in [0.25, 0.3) is 0 Å². The molecule has 0 aliphatic heterocycles. The van der Waals surface area contributed by atoms with Crippen molar-refractivity contribution in [3.63, 3.8) is 0 Å². The maximum absolute atomic E-state index is 10.5. The number of hydrogen-bond acceptors (Lipinski definition) is 3. The molecule has 0 aliphatic rings. The van der Waals surface area contributed by atoms with E-state index in [1.54, 1.807) is 0 Å². The van der Waals surface area contributed by atoms with Crippen molar-refractivity contribution < 1.29 is 18.3 Å². The minimum absolute atomic E-state index is 0.227. The summed E-state index contributed by atoms with van der Waals surface area (Å²) in [5.74, 6) is -0.227. The van der Waals surface area contributed by atoms with E-state index in [9.17, 15) is 13.0 Å². The zero-order valence-corrected chi connectivity index (χ0v) is 19.7. The first-order chi connectivity index (χ1) is 13.5. The summed E-state index contributed by atoms with van der Waals surface area (Å²) >= 11 is 0. The fraction of sp³-hybridized carbons (Fsp3) is 1.00. The van der Waals surface area contributed by atoms with E-state index in [4.69, 9.17) is 0 Å². The van der Waals surface area contributed by atoms with Crippen molar-refractivity contribution in [3.8, 4) is 0 Å². The molecule has 0 fully saturated rings. The lowest BCUT2D eigenvalue weighted by Crippen LogP contribution is -2.89. The minimum Gasteiger partial charge on any atom is -0.748 e. The second kappa shape index (κ2) is 20.2. The number of unbranched alkanes of at least 4 members (excludes halogenated alkanes) is 15. The van der Waals surface area contributed by atoms with Crippen molar-refractivity contribution in [1.82, 2.24) is 0 Å². The molecular formula is C23H49NO3S. The molecule has 170 valence electrons. The van der Waals surface area contributed by atoms with Gasteiger partial charge in [-0.05, 0) is 19.8 Å². The first-order valence-corrected chi connectivity index (χ1v) is 13.8. The highest BCUT2D eigenvalue weighted by atomic mass is 32.2. The van der Waals surface area contributed by atoms with Crippen molar-refractivity contribution in [2.24, 2.45) is 0 Å². The van der Waals surface area contributed by atoms with Crippen LogP contribution in [0.5, 0.6) is 0 Å². The van der Waals surface area contributed by atoms with Crippen molar-refractivity contribution in [2.75, 3.05) is 12.3 Å². The topological polar surface area (TPSA) is 73.8 Å². The summed E-state index contributed by atoms with van der Waals surface area (Å²) in [5, 5.41) is 2.18. The van der Waals surface area contributed by atoms with Crippen LogP contribution in [-0.2, 0) is 10.1 Å². The predicted molar refractivity (Wildman–Crippen MR) is 120 cm³/mol. The van der Waals surface area contributed by atoms with Crippen LogP contribution in [0.2, 0.25) is 0 Å². The Labute approximate surface area is 176 Å². The molecule has 2 N–H and O–H groups in total. The average molecular weight is 420 g/mol. The maximum Gasteiger partial charge on any atom is 0.0948 e. The van der Waals surface area contributed by atoms with Crippen molar-refractivity contribution in [3.05, 3.63) is 0 Å². The standard InChI is InChI=1S/C23H49NO3S/c1-3-4-5-6-7-8-9-10-11-12-13-14-15-16-17-18-20-23(2)24-21-19-22-28(25,26)27/h23-24H,3-22H2,1-2H3,(H,25,26,27). The second-order valence-corrected chi connectivity index (χ2v) is 10.2. The summed E-state index contributed by atoms with van der Waals surface area (Å²) in [4.78, 5) is 0. The molecule has 28 heavy (non-hydrogen) atoms. The van der Waals surface area contributed by atoms with Gasteiger partial charge < -0.3 is 9.87 Å². The van der Waals surface area contributed by atoms with Crippen LogP contribution < -0.4 is 5.32 Å². The van der Waals surface area contributed by atoms with E-state index in [0.29, 0.717) is 12.5 Å². The Bertz CT molecular complexity index is 412. The van der Waals surface area contributed by atoms with Gasteiger partial charge in [0.25, 0.3) is 0 Å². The quantitative estimate of drug-likeness (QED) is 0.185. The third kappa shape index (κ3) is 23.9. The molecule has 0 rings (SSSR count). The maximum atomic E-state index is 10.5. The fourth-order valence-electron chi connectivity index (χ4n) is 3.79. The summed E-state index contributed by atoms with van der Waals surface area (Å²) in [6.07, 6.45) is 24.0. The number of nitrogens with two attached hydrogens (primary N) is 1. The zero-order valence-electron chi connectivity index (χ0n) is 18.9. The van der Waals surface area contributed by atoms with Gasteiger partial charge in [0.15, 0.2) is 0 Å². The number of quaternary nitrogens is 1. The molecule has 0 aromatic carbocycles. The molecule has 0 heterocycles. The van der Waals surface area contributed by atoms with Crippen LogP contribution in [-0.4, -0.2) is 31.3 Å². The molecule has 0 radical (unpaired) electrons. The predicted octanol–water partition coefficient (Wildman–Crippen LogP) is 5.53. The van der Waals surface area contributed by atoms with Crippen LogP contribution >= 0.6 is 0 Å². The van der Waals surface area contributed by atoms with E-state index < -0.39 is 10.1 Å². The van der Waals surface area contributed by atoms with Gasteiger partial charge in [0.2, 0.25) is 0 Å². The zero-order chi connectivity index (χ0) is 20.9. The van der Waals surface area contributed by atoms with E-state index in [0.717, 1.165) is 6.54 Å². The second-order valence-electron chi connectivity index (χ2n) is 8.71. The summed E-state index contributed by atoms with van der Waals surface area (Å²) in [6, 6.07) is 0.529. The molecule has 5 heteroatoms. The summed E-state index contributed by atoms with van der Waals surface area (Å²) in [7, 11) is -4.04. The molecule has 0 saturated carbocycles. The first kappa shape index (κ1) is 27.9. The van der Waals surface area contributed by atoms with Crippen LogP contribution in [0.15, 0.2) is 0 Å². The fourth-order valence-corrected chi connectivity index (χ4v) is 4.31. The van der Waals surface area contributed by atoms with E-state index in [1.807, 2.05) is 0 Å². The Morgan fingerprint density at radius 3 is 1.46 bits per heavy atom. The Morgan fingerprint density at radius 1 is 0.679 bits per heavy atom. The Morgan fingerprint density at radius 2 is 1.07 bits per heavy atom. The van der Waals surface area contributed by atoms with Gasteiger partial charge in [-0.15, -0.1) is 0 Å². The van der Waals surface area contributed by atoms with Gasteiger partial charge in [-0.1, -0.05) is 103 Å². The van der Waals surface area contributed by atoms with Gasteiger partial charge in [0.1, 0.15) is 0 Å². The molecular weight excluding hydrogens is 370 g/mol. The Kier molecular flexibility index (Phi) is 20.1. The lowest BCUT2D eigenvalue weighted by atomic mass is 10.0. The van der Waals surface area contributed by atoms with E-state index >= 15 is 0 Å². The molecule has 0 aromatic rings. The number of hydrogen-bond donors (Lipinski definition) is 1. The van der Waals surface area contributed by atoms with Gasteiger partial charge in [0.05, 0.1) is 22.7 Å². The monoisotopic (exact) mass is 419 g/mol. The third-order valence-electron chi connectivity index (χ3n) is 5.68. The Hall–Kier alpha value is -0.130. The van der Waals surface area contributed by atoms with Crippen LogP contribution in [0, 0.1) is 0 Å². The van der Waals surface area contributed by atoms with Crippen LogP contribution in [0.4, 0.5) is 0 Å². The molecule has 1 atom stereocenters. The van der Waals surface area contributed by atoms with E-state index in [1.165, 1.54) is 109 Å². The molecule has 0 amide bonds. The molecule has 4 nitrogen and oxygen atoms in total. The molecule has 1 unspecified atom stereocenters. The summed E-state index contributed by atoms with van der Waals surface area (Å²) in [6.45, 7) is 5.21. The lowest BCUT2D eigenvalue weighted by Gasteiger charge is -2.11. The smallest absolute Gasteiger partial charge is 0.0948 e. The number of rotatable bonds is 22.